The zero-order chi connectivity index (χ0) is 14.6. The summed E-state index contributed by atoms with van der Waals surface area (Å²) in [5, 5.41) is 4.53. The van der Waals surface area contributed by atoms with E-state index in [1.807, 2.05) is 11.7 Å². The minimum absolute atomic E-state index is 0.0186. The molecule has 0 spiro atoms. The van der Waals surface area contributed by atoms with Gasteiger partial charge in [0.15, 0.2) is 5.82 Å². The first-order valence-electron chi connectivity index (χ1n) is 7.36. The Balaban J connectivity index is 2.69. The van der Waals surface area contributed by atoms with E-state index in [9.17, 15) is 0 Å². The second kappa shape index (κ2) is 6.51. The quantitative estimate of drug-likeness (QED) is 0.861. The number of nitrogens with two attached hydrogens (primary N) is 1. The molecule has 19 heavy (non-hydrogen) atoms. The number of aromatic nitrogens is 3. The number of rotatable bonds is 6. The predicted octanol–water partition coefficient (Wildman–Crippen LogP) is 2.67. The molecule has 0 aliphatic heterocycles. The average Bonchev–Trinajstić information content (AvgIpc) is 2.65. The molecule has 0 aromatic carbocycles. The smallest absolute Gasteiger partial charge is 0.156 e. The van der Waals surface area contributed by atoms with Crippen LogP contribution in [0.15, 0.2) is 0 Å². The lowest BCUT2D eigenvalue weighted by Gasteiger charge is -2.19. The van der Waals surface area contributed by atoms with Crippen LogP contribution in [-0.4, -0.2) is 21.3 Å². The maximum atomic E-state index is 5.69. The van der Waals surface area contributed by atoms with Gasteiger partial charge in [0.2, 0.25) is 0 Å². The minimum atomic E-state index is 0.0186. The highest BCUT2D eigenvalue weighted by molar-refractivity contribution is 5.03. The van der Waals surface area contributed by atoms with Gasteiger partial charge in [-0.2, -0.15) is 5.10 Å². The van der Waals surface area contributed by atoms with E-state index in [0.717, 1.165) is 37.5 Å². The molecule has 0 aliphatic rings. The topological polar surface area (TPSA) is 56.7 Å². The molecule has 1 heterocycles. The van der Waals surface area contributed by atoms with Gasteiger partial charge >= 0.3 is 0 Å². The lowest BCUT2D eigenvalue weighted by Crippen LogP contribution is -2.16. The van der Waals surface area contributed by atoms with Crippen LogP contribution in [0.3, 0.4) is 0 Å². The molecule has 4 heteroatoms. The molecule has 110 valence electrons. The molecule has 1 aromatic heterocycles. The second-order valence-electron chi connectivity index (χ2n) is 6.85. The third-order valence-electron chi connectivity index (χ3n) is 3.74. The molecule has 0 amide bonds. The van der Waals surface area contributed by atoms with Gasteiger partial charge in [-0.25, -0.2) is 4.98 Å². The molecule has 0 aliphatic carbocycles. The molecule has 1 rings (SSSR count). The first kappa shape index (κ1) is 16.2. The van der Waals surface area contributed by atoms with Crippen LogP contribution in [0.1, 0.15) is 59.1 Å². The molecule has 0 radical (unpaired) electrons. The van der Waals surface area contributed by atoms with Crippen LogP contribution in [0.4, 0.5) is 0 Å². The monoisotopic (exact) mass is 266 g/mol. The minimum Gasteiger partial charge on any atom is -0.330 e. The highest BCUT2D eigenvalue weighted by Crippen LogP contribution is 2.22. The van der Waals surface area contributed by atoms with Crippen molar-refractivity contribution in [1.82, 2.24) is 14.8 Å². The van der Waals surface area contributed by atoms with Gasteiger partial charge in [-0.15, -0.1) is 0 Å². The van der Waals surface area contributed by atoms with Crippen molar-refractivity contribution in [2.75, 3.05) is 6.54 Å². The van der Waals surface area contributed by atoms with E-state index in [2.05, 4.69) is 39.7 Å². The molecule has 0 saturated heterocycles. The zero-order valence-corrected chi connectivity index (χ0v) is 13.4. The van der Waals surface area contributed by atoms with Crippen LogP contribution in [0.2, 0.25) is 0 Å². The van der Waals surface area contributed by atoms with Crippen LogP contribution < -0.4 is 5.73 Å². The predicted molar refractivity (Wildman–Crippen MR) is 80.0 cm³/mol. The van der Waals surface area contributed by atoms with Crippen molar-refractivity contribution in [3.63, 3.8) is 0 Å². The lowest BCUT2D eigenvalue weighted by molar-refractivity contribution is 0.337. The van der Waals surface area contributed by atoms with E-state index in [0.29, 0.717) is 11.8 Å². The van der Waals surface area contributed by atoms with Gasteiger partial charge < -0.3 is 5.73 Å². The third-order valence-corrected chi connectivity index (χ3v) is 3.74. The summed E-state index contributed by atoms with van der Waals surface area (Å²) < 4.78 is 1.93. The summed E-state index contributed by atoms with van der Waals surface area (Å²) in [5.74, 6) is 3.39. The van der Waals surface area contributed by atoms with Gasteiger partial charge in [-0.05, 0) is 31.2 Å². The highest BCUT2D eigenvalue weighted by atomic mass is 15.3. The fourth-order valence-corrected chi connectivity index (χ4v) is 2.29. The van der Waals surface area contributed by atoms with E-state index >= 15 is 0 Å². The van der Waals surface area contributed by atoms with Crippen molar-refractivity contribution in [3.8, 4) is 0 Å². The fraction of sp³-hybridized carbons (Fsp3) is 0.867. The normalized spacial score (nSPS) is 14.1. The summed E-state index contributed by atoms with van der Waals surface area (Å²) in [6.07, 6.45) is 3.23. The van der Waals surface area contributed by atoms with E-state index in [1.54, 1.807) is 0 Å². The molecule has 1 aromatic rings. The summed E-state index contributed by atoms with van der Waals surface area (Å²) in [5.41, 5.74) is 5.71. The number of hydrogen-bond acceptors (Lipinski definition) is 3. The first-order valence-corrected chi connectivity index (χ1v) is 7.36. The van der Waals surface area contributed by atoms with Gasteiger partial charge in [-0.1, -0.05) is 34.6 Å². The molecule has 2 N–H and O–H groups in total. The van der Waals surface area contributed by atoms with Crippen LogP contribution in [-0.2, 0) is 18.9 Å². The van der Waals surface area contributed by atoms with Crippen molar-refractivity contribution in [2.45, 2.75) is 59.3 Å². The molecule has 1 atom stereocenters. The number of nitrogens with zero attached hydrogens (tertiary/aromatic N) is 3. The number of hydrogen-bond donors (Lipinski definition) is 1. The number of aryl methyl sites for hydroxylation is 2. The average molecular weight is 266 g/mol. The Labute approximate surface area is 117 Å². The maximum Gasteiger partial charge on any atom is 0.156 e. The van der Waals surface area contributed by atoms with Crippen LogP contribution in [0.25, 0.3) is 0 Å². The Bertz CT molecular complexity index is 387. The van der Waals surface area contributed by atoms with Crippen molar-refractivity contribution in [2.24, 2.45) is 24.6 Å². The molecular weight excluding hydrogens is 236 g/mol. The lowest BCUT2D eigenvalue weighted by atomic mass is 9.88. The van der Waals surface area contributed by atoms with Crippen molar-refractivity contribution < 1.29 is 0 Å². The maximum absolute atomic E-state index is 5.69. The van der Waals surface area contributed by atoms with Crippen molar-refractivity contribution in [3.05, 3.63) is 11.6 Å². The van der Waals surface area contributed by atoms with Crippen LogP contribution in [0.5, 0.6) is 0 Å². The van der Waals surface area contributed by atoms with Crippen LogP contribution in [0, 0.1) is 11.8 Å². The molecule has 0 bridgehead atoms. The van der Waals surface area contributed by atoms with Gasteiger partial charge in [-0.3, -0.25) is 4.68 Å². The van der Waals surface area contributed by atoms with Crippen molar-refractivity contribution >= 4 is 0 Å². The van der Waals surface area contributed by atoms with Crippen LogP contribution >= 0.6 is 0 Å². The second-order valence-corrected chi connectivity index (χ2v) is 6.85. The van der Waals surface area contributed by atoms with Crippen molar-refractivity contribution in [1.29, 1.82) is 0 Å². The van der Waals surface area contributed by atoms with Gasteiger partial charge in [0.25, 0.3) is 0 Å². The Morgan fingerprint density at radius 2 is 1.84 bits per heavy atom. The summed E-state index contributed by atoms with van der Waals surface area (Å²) in [4.78, 5) is 4.69. The highest BCUT2D eigenvalue weighted by Gasteiger charge is 2.21. The molecule has 1 unspecified atom stereocenters. The summed E-state index contributed by atoms with van der Waals surface area (Å²) in [6.45, 7) is 11.8. The van der Waals surface area contributed by atoms with Gasteiger partial charge in [0.1, 0.15) is 5.82 Å². The molecule has 0 fully saturated rings. The van der Waals surface area contributed by atoms with E-state index in [4.69, 9.17) is 10.7 Å². The standard InChI is InChI=1S/C15H30N4/c1-11(2)12(9-10-16)7-8-13-17-14(15(3,4)5)18-19(13)6/h11-12H,7-10,16H2,1-6H3. The first-order chi connectivity index (χ1) is 8.75. The SMILES string of the molecule is CC(C)C(CCN)CCc1nc(C(C)(C)C)nn1C. The molecular formula is C15H30N4. The van der Waals surface area contributed by atoms with E-state index in [1.165, 1.54) is 0 Å². The molecule has 0 saturated carbocycles. The zero-order valence-electron chi connectivity index (χ0n) is 13.4. The van der Waals surface area contributed by atoms with E-state index < -0.39 is 0 Å². The Hall–Kier alpha value is -0.900. The van der Waals surface area contributed by atoms with Gasteiger partial charge in [0, 0.05) is 18.9 Å². The Morgan fingerprint density at radius 3 is 2.26 bits per heavy atom. The van der Waals surface area contributed by atoms with E-state index in [-0.39, 0.29) is 5.41 Å². The largest absolute Gasteiger partial charge is 0.330 e. The molecule has 4 nitrogen and oxygen atoms in total. The summed E-state index contributed by atoms with van der Waals surface area (Å²) >= 11 is 0. The third kappa shape index (κ3) is 4.60. The fourth-order valence-electron chi connectivity index (χ4n) is 2.29. The Morgan fingerprint density at radius 1 is 1.21 bits per heavy atom. The van der Waals surface area contributed by atoms with Gasteiger partial charge in [0.05, 0.1) is 0 Å². The summed E-state index contributed by atoms with van der Waals surface area (Å²) in [7, 11) is 1.99. The Kier molecular flexibility index (Phi) is 5.53. The summed E-state index contributed by atoms with van der Waals surface area (Å²) in [6, 6.07) is 0.